The Morgan fingerprint density at radius 3 is 2.38 bits per heavy atom. The van der Waals surface area contributed by atoms with Crippen LogP contribution in [-0.4, -0.2) is 29.2 Å². The first-order valence-electron chi connectivity index (χ1n) is 9.11. The Morgan fingerprint density at radius 2 is 1.59 bits per heavy atom. The number of imide groups is 1. The number of aryl methyl sites for hydroxylation is 1. The number of hydrogen-bond acceptors (Lipinski definition) is 4. The van der Waals surface area contributed by atoms with Gasteiger partial charge in [-0.05, 0) is 43.3 Å². The number of anilines is 1. The Bertz CT molecular complexity index is 1110. The number of carbonyl (C=O) groups is 3. The molecule has 4 rings (SSSR count). The number of carbonyl (C=O) groups excluding carboxylic acids is 3. The van der Waals surface area contributed by atoms with Gasteiger partial charge in [0.2, 0.25) is 5.91 Å². The monoisotopic (exact) mass is 386 g/mol. The van der Waals surface area contributed by atoms with E-state index < -0.39 is 17.7 Å². The number of para-hydroxylation sites is 3. The standard InChI is InChI=1S/C23H18N2O4/c1-15-11-12-17-18(13-15)23(28)25(22(17)27)14-21(26)24-19-9-5-6-10-20(19)29-16-7-3-2-4-8-16/h2-13H,14H2,1H3,(H,24,26). The molecule has 0 radical (unpaired) electrons. The highest BCUT2D eigenvalue weighted by Gasteiger charge is 2.36. The number of fused-ring (bicyclic) bond motifs is 1. The van der Waals surface area contributed by atoms with Gasteiger partial charge in [-0.3, -0.25) is 19.3 Å². The van der Waals surface area contributed by atoms with Crippen molar-refractivity contribution in [2.75, 3.05) is 11.9 Å². The summed E-state index contributed by atoms with van der Waals surface area (Å²) in [7, 11) is 0. The minimum Gasteiger partial charge on any atom is -0.455 e. The zero-order valence-electron chi connectivity index (χ0n) is 15.7. The maximum Gasteiger partial charge on any atom is 0.262 e. The van der Waals surface area contributed by atoms with E-state index in [9.17, 15) is 14.4 Å². The number of benzene rings is 3. The van der Waals surface area contributed by atoms with Crippen LogP contribution in [0.4, 0.5) is 5.69 Å². The van der Waals surface area contributed by atoms with Gasteiger partial charge in [0, 0.05) is 0 Å². The van der Waals surface area contributed by atoms with Crippen LogP contribution in [0.25, 0.3) is 0 Å². The second-order valence-corrected chi connectivity index (χ2v) is 6.70. The van der Waals surface area contributed by atoms with Gasteiger partial charge in [0.1, 0.15) is 12.3 Å². The highest BCUT2D eigenvalue weighted by molar-refractivity contribution is 6.22. The summed E-state index contributed by atoms with van der Waals surface area (Å²) < 4.78 is 5.82. The molecule has 0 spiro atoms. The van der Waals surface area contributed by atoms with Gasteiger partial charge >= 0.3 is 0 Å². The van der Waals surface area contributed by atoms with Crippen LogP contribution in [0.1, 0.15) is 26.3 Å². The van der Waals surface area contributed by atoms with Crippen LogP contribution in [0.15, 0.2) is 72.8 Å². The van der Waals surface area contributed by atoms with E-state index in [0.717, 1.165) is 10.5 Å². The van der Waals surface area contributed by atoms with Crippen LogP contribution in [0.3, 0.4) is 0 Å². The Labute approximate surface area is 167 Å². The molecule has 3 amide bonds. The first-order chi connectivity index (χ1) is 14.0. The van der Waals surface area contributed by atoms with Gasteiger partial charge in [-0.15, -0.1) is 0 Å². The zero-order chi connectivity index (χ0) is 20.4. The smallest absolute Gasteiger partial charge is 0.262 e. The number of nitrogens with zero attached hydrogens (tertiary/aromatic N) is 1. The third-order valence-electron chi connectivity index (χ3n) is 4.56. The molecule has 0 saturated carbocycles. The van der Waals surface area contributed by atoms with E-state index in [0.29, 0.717) is 28.3 Å². The van der Waals surface area contributed by atoms with Crippen molar-refractivity contribution in [2.45, 2.75) is 6.92 Å². The second kappa shape index (κ2) is 7.59. The van der Waals surface area contributed by atoms with E-state index >= 15 is 0 Å². The van der Waals surface area contributed by atoms with Crippen LogP contribution < -0.4 is 10.1 Å². The molecule has 0 aliphatic carbocycles. The van der Waals surface area contributed by atoms with Crippen LogP contribution in [0.5, 0.6) is 11.5 Å². The van der Waals surface area contributed by atoms with Gasteiger partial charge in [0.25, 0.3) is 11.8 Å². The van der Waals surface area contributed by atoms with Crippen LogP contribution in [-0.2, 0) is 4.79 Å². The van der Waals surface area contributed by atoms with Crippen LogP contribution in [0, 0.1) is 6.92 Å². The van der Waals surface area contributed by atoms with Gasteiger partial charge in [0.15, 0.2) is 5.75 Å². The lowest BCUT2D eigenvalue weighted by Gasteiger charge is -2.15. The largest absolute Gasteiger partial charge is 0.455 e. The van der Waals surface area contributed by atoms with Gasteiger partial charge in [-0.25, -0.2) is 0 Å². The molecule has 6 heteroatoms. The Morgan fingerprint density at radius 1 is 0.897 bits per heavy atom. The molecule has 1 heterocycles. The molecule has 29 heavy (non-hydrogen) atoms. The summed E-state index contributed by atoms with van der Waals surface area (Å²) in [6.07, 6.45) is 0. The Kier molecular flexibility index (Phi) is 4.83. The lowest BCUT2D eigenvalue weighted by Crippen LogP contribution is -2.37. The summed E-state index contributed by atoms with van der Waals surface area (Å²) in [5.74, 6) is -0.318. The molecule has 144 valence electrons. The summed E-state index contributed by atoms with van der Waals surface area (Å²) in [5, 5.41) is 2.73. The third-order valence-corrected chi connectivity index (χ3v) is 4.56. The maximum absolute atomic E-state index is 12.6. The molecule has 0 fully saturated rings. The van der Waals surface area contributed by atoms with Crippen molar-refractivity contribution in [3.8, 4) is 11.5 Å². The fourth-order valence-electron chi connectivity index (χ4n) is 3.16. The molecule has 3 aromatic rings. The lowest BCUT2D eigenvalue weighted by molar-refractivity contribution is -0.116. The van der Waals surface area contributed by atoms with Crippen LogP contribution in [0.2, 0.25) is 0 Å². The molecular weight excluding hydrogens is 368 g/mol. The molecule has 6 nitrogen and oxygen atoms in total. The number of nitrogens with one attached hydrogen (secondary N) is 1. The molecule has 1 aliphatic rings. The molecule has 1 aliphatic heterocycles. The van der Waals surface area contributed by atoms with Gasteiger partial charge < -0.3 is 10.1 Å². The average Bonchev–Trinajstić information content (AvgIpc) is 2.94. The topological polar surface area (TPSA) is 75.7 Å². The van der Waals surface area contributed by atoms with Gasteiger partial charge in [0.05, 0.1) is 16.8 Å². The first-order valence-corrected chi connectivity index (χ1v) is 9.11. The van der Waals surface area contributed by atoms with E-state index in [-0.39, 0.29) is 6.54 Å². The number of rotatable bonds is 5. The third kappa shape index (κ3) is 3.73. The quantitative estimate of drug-likeness (QED) is 0.672. The normalized spacial score (nSPS) is 12.7. The highest BCUT2D eigenvalue weighted by atomic mass is 16.5. The fraction of sp³-hybridized carbons (Fsp3) is 0.0870. The molecule has 0 saturated heterocycles. The number of amides is 3. The predicted molar refractivity (Wildman–Crippen MR) is 108 cm³/mol. The molecule has 3 aromatic carbocycles. The second-order valence-electron chi connectivity index (χ2n) is 6.70. The van der Waals surface area contributed by atoms with E-state index in [2.05, 4.69) is 5.32 Å². The molecule has 0 aromatic heterocycles. The summed E-state index contributed by atoms with van der Waals surface area (Å²) in [5.41, 5.74) is 1.98. The number of ether oxygens (including phenoxy) is 1. The summed E-state index contributed by atoms with van der Waals surface area (Å²) in [6, 6.07) is 21.2. The van der Waals surface area contributed by atoms with Crippen molar-refractivity contribution >= 4 is 23.4 Å². The minimum atomic E-state index is -0.486. The van der Waals surface area contributed by atoms with Crippen LogP contribution >= 0.6 is 0 Å². The first kappa shape index (κ1) is 18.4. The molecule has 0 atom stereocenters. The molecule has 1 N–H and O–H groups in total. The van der Waals surface area contributed by atoms with Crippen molar-refractivity contribution in [3.63, 3.8) is 0 Å². The summed E-state index contributed by atoms with van der Waals surface area (Å²) in [6.45, 7) is 1.47. The molecular formula is C23H18N2O4. The van der Waals surface area contributed by atoms with E-state index in [4.69, 9.17) is 4.74 Å². The van der Waals surface area contributed by atoms with E-state index in [1.54, 1.807) is 54.6 Å². The van der Waals surface area contributed by atoms with E-state index in [1.165, 1.54) is 0 Å². The van der Waals surface area contributed by atoms with Gasteiger partial charge in [-0.1, -0.05) is 42.0 Å². The van der Waals surface area contributed by atoms with Crippen molar-refractivity contribution in [1.82, 2.24) is 4.90 Å². The minimum absolute atomic E-state index is 0.321. The van der Waals surface area contributed by atoms with Crippen molar-refractivity contribution in [3.05, 3.63) is 89.5 Å². The van der Waals surface area contributed by atoms with Crippen molar-refractivity contribution in [2.24, 2.45) is 0 Å². The Hall–Kier alpha value is -3.93. The average molecular weight is 386 g/mol. The highest BCUT2D eigenvalue weighted by Crippen LogP contribution is 2.29. The molecule has 0 unspecified atom stereocenters. The molecule has 0 bridgehead atoms. The summed E-state index contributed by atoms with van der Waals surface area (Å²) >= 11 is 0. The van der Waals surface area contributed by atoms with E-state index in [1.807, 2.05) is 25.1 Å². The fourth-order valence-corrected chi connectivity index (χ4v) is 3.16. The Balaban J connectivity index is 1.49. The SMILES string of the molecule is Cc1ccc2c(c1)C(=O)N(CC(=O)Nc1ccccc1Oc1ccccc1)C2=O. The zero-order valence-corrected chi connectivity index (χ0v) is 15.7. The van der Waals surface area contributed by atoms with Gasteiger partial charge in [-0.2, -0.15) is 0 Å². The lowest BCUT2D eigenvalue weighted by atomic mass is 10.1. The maximum atomic E-state index is 12.6. The number of hydrogen-bond donors (Lipinski definition) is 1. The predicted octanol–water partition coefficient (Wildman–Crippen LogP) is 4.02. The summed E-state index contributed by atoms with van der Waals surface area (Å²) in [4.78, 5) is 38.6. The van der Waals surface area contributed by atoms with Crippen molar-refractivity contribution in [1.29, 1.82) is 0 Å². The van der Waals surface area contributed by atoms with Crippen molar-refractivity contribution < 1.29 is 19.1 Å².